The molecule has 3 aromatic carbocycles. The second kappa shape index (κ2) is 23.8. The van der Waals surface area contributed by atoms with Gasteiger partial charge in [-0.3, -0.25) is 30.8 Å². The Morgan fingerprint density at radius 1 is 0.965 bits per heavy atom. The zero-order valence-electron chi connectivity index (χ0n) is 47.8. The first-order chi connectivity index (χ1) is 41.7. The number of carbonyl (C=O) groups excluding carboxylic acids is 4. The number of para-hydroxylation sites is 1. The number of carbonyl (C=O) groups is 4. The monoisotopic (exact) mass is 1180 g/mol. The molecule has 0 aromatic heterocycles. The van der Waals surface area contributed by atoms with Crippen LogP contribution in [0.5, 0.6) is 11.5 Å². The van der Waals surface area contributed by atoms with Crippen LogP contribution in [0, 0.1) is 23.7 Å². The number of nitrogens with one attached hydrogen (secondary N) is 5. The molecule has 10 aliphatic rings. The van der Waals surface area contributed by atoms with Gasteiger partial charge in [0.15, 0.2) is 28.7 Å². The molecule has 0 radical (unpaired) electrons. The minimum Gasteiger partial charge on any atom is -0.486 e. The van der Waals surface area contributed by atoms with E-state index >= 15 is 9.59 Å². The van der Waals surface area contributed by atoms with Crippen molar-refractivity contribution < 1.29 is 68.4 Å². The zero-order valence-corrected chi connectivity index (χ0v) is 47.8. The van der Waals surface area contributed by atoms with E-state index in [0.29, 0.717) is 67.2 Å². The summed E-state index contributed by atoms with van der Waals surface area (Å²) in [6, 6.07) is 13.1. The van der Waals surface area contributed by atoms with Crippen molar-refractivity contribution in [3.05, 3.63) is 123 Å². The highest BCUT2D eigenvalue weighted by molar-refractivity contribution is 6.29. The van der Waals surface area contributed by atoms with E-state index in [1.807, 2.05) is 35.2 Å². The average Bonchev–Trinajstić information content (AvgIpc) is 1.16. The third-order valence-electron chi connectivity index (χ3n) is 19.4. The minimum atomic E-state index is -2.42. The van der Waals surface area contributed by atoms with Gasteiger partial charge in [0.2, 0.25) is 12.2 Å². The molecule has 6 aliphatic heterocycles. The quantitative estimate of drug-likeness (QED) is 0.0510. The van der Waals surface area contributed by atoms with Gasteiger partial charge in [-0.05, 0) is 85.4 Å². The molecule has 2 saturated carbocycles. The van der Waals surface area contributed by atoms with Crippen molar-refractivity contribution in [3.8, 4) is 23.3 Å². The normalized spacial score (nSPS) is 33.1. The Morgan fingerprint density at radius 3 is 2.58 bits per heavy atom. The van der Waals surface area contributed by atoms with E-state index < -0.39 is 109 Å². The molecule has 3 bridgehead atoms. The van der Waals surface area contributed by atoms with E-state index in [9.17, 15) is 35.1 Å². The third-order valence-corrected chi connectivity index (χ3v) is 19.4. The molecule has 22 nitrogen and oxygen atoms in total. The number of benzene rings is 3. The number of amides is 1. The summed E-state index contributed by atoms with van der Waals surface area (Å²) in [5, 5.41) is 77.0. The van der Waals surface area contributed by atoms with Gasteiger partial charge in [-0.25, -0.2) is 0 Å². The van der Waals surface area contributed by atoms with Crippen LogP contribution in [0.15, 0.2) is 83.7 Å². The van der Waals surface area contributed by atoms with Gasteiger partial charge in [0, 0.05) is 70.8 Å². The van der Waals surface area contributed by atoms with Gasteiger partial charge < -0.3 is 80.6 Å². The molecule has 4 aliphatic carbocycles. The molecule has 1 spiro atoms. The lowest BCUT2D eigenvalue weighted by atomic mass is 9.73. The number of anilines is 1. The highest BCUT2D eigenvalue weighted by Gasteiger charge is 2.65. The van der Waals surface area contributed by atoms with Gasteiger partial charge in [0.25, 0.3) is 0 Å². The fourth-order valence-corrected chi connectivity index (χ4v) is 15.1. The van der Waals surface area contributed by atoms with E-state index in [4.69, 9.17) is 35.2 Å². The van der Waals surface area contributed by atoms with Crippen LogP contribution >= 0.6 is 0 Å². The van der Waals surface area contributed by atoms with Crippen molar-refractivity contribution in [2.45, 2.75) is 168 Å². The van der Waals surface area contributed by atoms with Gasteiger partial charge in [-0.2, -0.15) is 0 Å². The van der Waals surface area contributed by atoms with Crippen molar-refractivity contribution in [1.29, 1.82) is 0 Å². The first-order valence-corrected chi connectivity index (χ1v) is 30.4. The molecule has 0 unspecified atom stereocenters. The van der Waals surface area contributed by atoms with Crippen molar-refractivity contribution in [1.82, 2.24) is 26.6 Å². The number of fused-ring (bicyclic) bond motifs is 8. The predicted octanol–water partition coefficient (Wildman–Crippen LogP) is 1.31. The largest absolute Gasteiger partial charge is 0.486 e. The van der Waals surface area contributed by atoms with Crippen molar-refractivity contribution in [3.63, 3.8) is 0 Å². The van der Waals surface area contributed by atoms with Crippen LogP contribution in [0.3, 0.4) is 0 Å². The first-order valence-electron chi connectivity index (χ1n) is 30.4. The van der Waals surface area contributed by atoms with Gasteiger partial charge in [-0.1, -0.05) is 80.0 Å². The van der Waals surface area contributed by atoms with Crippen LogP contribution in [0.1, 0.15) is 132 Å². The van der Waals surface area contributed by atoms with E-state index in [1.54, 1.807) is 12.1 Å². The molecule has 1 amide bonds. The van der Waals surface area contributed by atoms with Crippen molar-refractivity contribution in [2.24, 2.45) is 23.3 Å². The second-order valence-corrected chi connectivity index (χ2v) is 24.7. The summed E-state index contributed by atoms with van der Waals surface area (Å²) in [7, 11) is 0. The van der Waals surface area contributed by atoms with E-state index in [2.05, 4.69) is 50.6 Å². The Balaban J connectivity index is 1.04. The standard InChI is InChI=1S/C64H76N8O14/c65-57-48-39(19-24-67-57)34(15-18-45(48)69-36-8-1-2-9-36)29-82-55-56(79)64(81)23-7-10-37(75)16-14-35-30-84-63(21-5-6-22-63)61(64)86-60(55)85-53-44(47(35)41-11-3-4-12-46(41)72-32-68-50-58(72)70-62(66)71-59(50)80)27-43-49(54(53)83-31-38(76)20-25-73)52(78)42-26-33(28-74)13-17-40(42)51(43)77/h3-4,11-13,15,17-19,25-27,34-38,45,47,50,55-56,58,60-62,67-70,74-76,79,81H,1-2,5-6,8-10,14,16,20-22,24,28-32,65-66H2,(H,71,80)/t34-,35-,37+,38+,45+,47-,50+,55-,56-,58+,60-,61-,62+,64+/m0/s1. The molecule has 456 valence electrons. The third kappa shape index (κ3) is 10.4. The molecule has 6 heterocycles. The first kappa shape index (κ1) is 58.5. The molecule has 3 saturated heterocycles. The summed E-state index contributed by atoms with van der Waals surface area (Å²) in [6.45, 7) is -0.522. The van der Waals surface area contributed by atoms with Crippen LogP contribution in [-0.2, 0) is 30.4 Å². The number of hydrogen-bond acceptors (Lipinski definition) is 21. The Bertz CT molecular complexity index is 3330. The number of rotatable bonds is 13. The Morgan fingerprint density at radius 2 is 1.78 bits per heavy atom. The van der Waals surface area contributed by atoms with Crippen LogP contribution in [-0.4, -0.2) is 161 Å². The van der Waals surface area contributed by atoms with Crippen LogP contribution in [0.25, 0.3) is 0 Å². The molecular formula is C64H76N8O14. The highest BCUT2D eigenvalue weighted by Crippen LogP contribution is 2.55. The van der Waals surface area contributed by atoms with Gasteiger partial charge in [0.1, 0.15) is 55.5 Å². The average molecular weight is 1180 g/mol. The Kier molecular flexibility index (Phi) is 16.2. The SMILES string of the molecule is NC1=C2C(=CCN1)[C@H](CO[C@@H]1[C@H]3Oc4c(cc5c(c4OC[C@H](O)CC=O)C(=O)c4cc(CO)ccc4C5=O)[C@H](c4ccccc4N4CN[C@H]5C(=O)N[C@H](N)N[C@@H]54)[C@H]4CC[C@H](O)CC#C[C@@](O)([C@H]1O)[C@@H](O3)C1(CCCC1)OC4)C=C[C@H]2NC1CCCC1. The molecule has 14 N–H and O–H groups in total. The fourth-order valence-electron chi connectivity index (χ4n) is 15.1. The second-order valence-electron chi connectivity index (χ2n) is 24.7. The number of aliphatic hydroxyl groups is 5. The number of ketones is 2. The van der Waals surface area contributed by atoms with Crippen LogP contribution < -0.4 is 52.4 Å². The zero-order chi connectivity index (χ0) is 59.6. The Hall–Kier alpha value is -6.56. The van der Waals surface area contributed by atoms with Crippen LogP contribution in [0.2, 0.25) is 0 Å². The summed E-state index contributed by atoms with van der Waals surface area (Å²) in [6.07, 6.45) is 2.52. The summed E-state index contributed by atoms with van der Waals surface area (Å²) >= 11 is 0. The number of aldehydes is 1. The molecule has 13 rings (SSSR count). The molecule has 5 fully saturated rings. The predicted molar refractivity (Wildman–Crippen MR) is 311 cm³/mol. The molecule has 86 heavy (non-hydrogen) atoms. The van der Waals surface area contributed by atoms with E-state index in [0.717, 1.165) is 36.8 Å². The number of hydrogen-bond donors (Lipinski definition) is 12. The summed E-state index contributed by atoms with van der Waals surface area (Å²) in [4.78, 5) is 58.5. The van der Waals surface area contributed by atoms with Gasteiger partial charge >= 0.3 is 0 Å². The topological polar surface area (TPSA) is 331 Å². The lowest BCUT2D eigenvalue weighted by Crippen LogP contribution is -2.72. The maximum absolute atomic E-state index is 15.5. The van der Waals surface area contributed by atoms with Gasteiger partial charge in [-0.15, -0.1) is 0 Å². The minimum absolute atomic E-state index is 0.0252. The van der Waals surface area contributed by atoms with Crippen LogP contribution in [0.4, 0.5) is 5.69 Å². The lowest BCUT2D eigenvalue weighted by molar-refractivity contribution is -0.335. The maximum Gasteiger partial charge on any atom is 0.242 e. The number of aliphatic hydroxyl groups excluding tert-OH is 4. The summed E-state index contributed by atoms with van der Waals surface area (Å²) < 4.78 is 35.9. The molecule has 14 atom stereocenters. The number of dihydropyridines is 1. The summed E-state index contributed by atoms with van der Waals surface area (Å²) in [5.74, 6) is 2.57. The molecule has 22 heteroatoms. The fraction of sp³-hybridized carbons (Fsp3) is 0.531. The highest BCUT2D eigenvalue weighted by atomic mass is 16.7. The van der Waals surface area contributed by atoms with Crippen molar-refractivity contribution in [2.75, 3.05) is 37.9 Å². The lowest BCUT2D eigenvalue weighted by Gasteiger charge is -2.52. The number of nitrogens with two attached hydrogens (primary N) is 2. The van der Waals surface area contributed by atoms with Crippen molar-refractivity contribution >= 4 is 29.4 Å². The number of ether oxygens (including phenoxy) is 5. The smallest absolute Gasteiger partial charge is 0.242 e. The Labute approximate surface area is 498 Å². The van der Waals surface area contributed by atoms with E-state index in [1.165, 1.54) is 12.1 Å². The molecule has 3 aromatic rings. The molecular weight excluding hydrogens is 1100 g/mol. The number of nitrogens with zero attached hydrogens (tertiary/aromatic N) is 1. The maximum atomic E-state index is 15.5. The summed E-state index contributed by atoms with van der Waals surface area (Å²) in [5.41, 5.74) is 12.9. The van der Waals surface area contributed by atoms with Gasteiger partial charge in [0.05, 0.1) is 55.9 Å². The van der Waals surface area contributed by atoms with E-state index in [-0.39, 0.29) is 96.8 Å².